The topological polar surface area (TPSA) is 93.3 Å². The Kier molecular flexibility index (Phi) is 5.17. The maximum atomic E-state index is 12.2. The van der Waals surface area contributed by atoms with Gasteiger partial charge in [0, 0.05) is 12.1 Å². The molecule has 0 fully saturated rings. The molecule has 26 heavy (non-hydrogen) atoms. The van der Waals surface area contributed by atoms with Crippen LogP contribution in [0, 0.1) is 0 Å². The van der Waals surface area contributed by atoms with E-state index in [-0.39, 0.29) is 11.5 Å². The van der Waals surface area contributed by atoms with E-state index in [1.54, 1.807) is 32.4 Å². The number of aromatic amines is 1. The third kappa shape index (κ3) is 3.83. The lowest BCUT2D eigenvalue weighted by atomic mass is 10.1. The lowest BCUT2D eigenvalue weighted by Crippen LogP contribution is -2.13. The second kappa shape index (κ2) is 7.69. The Morgan fingerprint density at radius 2 is 1.92 bits per heavy atom. The van der Waals surface area contributed by atoms with Gasteiger partial charge in [0.2, 0.25) is 5.91 Å². The maximum Gasteiger partial charge on any atom is 0.258 e. The number of ether oxygens (including phenoxy) is 2. The number of aryl methyl sites for hydroxylation is 1. The number of nitrogens with one attached hydrogen (secondary N) is 2. The predicted molar refractivity (Wildman–Crippen MR) is 98.9 cm³/mol. The summed E-state index contributed by atoms with van der Waals surface area (Å²) in [5.74, 6) is 1.14. The van der Waals surface area contributed by atoms with Crippen LogP contribution in [0.5, 0.6) is 11.5 Å². The highest BCUT2D eigenvalue weighted by Gasteiger charge is 2.08. The SMILES string of the molecule is COc1ccc(CCC(=O)Nc2ccc3nc[nH]c(=O)c3c2)cc1OC. The van der Waals surface area contributed by atoms with E-state index in [1.807, 2.05) is 18.2 Å². The van der Waals surface area contributed by atoms with Crippen LogP contribution in [-0.4, -0.2) is 30.1 Å². The van der Waals surface area contributed by atoms with Crippen LogP contribution in [0.25, 0.3) is 10.9 Å². The van der Waals surface area contributed by atoms with Crippen molar-refractivity contribution in [1.82, 2.24) is 9.97 Å². The number of hydrogen-bond donors (Lipinski definition) is 2. The molecule has 7 nitrogen and oxygen atoms in total. The molecule has 2 aromatic carbocycles. The zero-order valence-electron chi connectivity index (χ0n) is 14.5. The molecule has 7 heteroatoms. The Balaban J connectivity index is 1.66. The molecule has 1 heterocycles. The van der Waals surface area contributed by atoms with Crippen LogP contribution in [0.15, 0.2) is 47.5 Å². The van der Waals surface area contributed by atoms with Crippen molar-refractivity contribution >= 4 is 22.5 Å². The van der Waals surface area contributed by atoms with E-state index in [1.165, 1.54) is 6.33 Å². The molecular formula is C19H19N3O4. The number of methoxy groups -OCH3 is 2. The summed E-state index contributed by atoms with van der Waals surface area (Å²) >= 11 is 0. The Morgan fingerprint density at radius 3 is 2.69 bits per heavy atom. The zero-order chi connectivity index (χ0) is 18.5. The van der Waals surface area contributed by atoms with Crippen molar-refractivity contribution in [1.29, 1.82) is 0 Å². The van der Waals surface area contributed by atoms with E-state index in [0.717, 1.165) is 5.56 Å². The van der Waals surface area contributed by atoms with Gasteiger partial charge in [-0.05, 0) is 42.3 Å². The fourth-order valence-electron chi connectivity index (χ4n) is 2.66. The Labute approximate surface area is 150 Å². The Bertz CT molecular complexity index is 997. The van der Waals surface area contributed by atoms with Gasteiger partial charge in [-0.15, -0.1) is 0 Å². The molecule has 2 N–H and O–H groups in total. The molecule has 0 unspecified atom stereocenters. The zero-order valence-corrected chi connectivity index (χ0v) is 14.5. The number of aromatic nitrogens is 2. The second-order valence-electron chi connectivity index (χ2n) is 5.70. The van der Waals surface area contributed by atoms with E-state index in [0.29, 0.717) is 40.9 Å². The Hall–Kier alpha value is -3.35. The van der Waals surface area contributed by atoms with Crippen molar-refractivity contribution in [2.75, 3.05) is 19.5 Å². The molecule has 1 amide bonds. The first-order chi connectivity index (χ1) is 12.6. The first-order valence-electron chi connectivity index (χ1n) is 8.09. The first kappa shape index (κ1) is 17.5. The third-order valence-electron chi connectivity index (χ3n) is 4.01. The van der Waals surface area contributed by atoms with Gasteiger partial charge in [-0.25, -0.2) is 4.98 Å². The monoisotopic (exact) mass is 353 g/mol. The number of anilines is 1. The molecule has 0 saturated heterocycles. The fourth-order valence-corrected chi connectivity index (χ4v) is 2.66. The van der Waals surface area contributed by atoms with Gasteiger partial charge in [-0.1, -0.05) is 6.07 Å². The number of amides is 1. The number of nitrogens with zero attached hydrogens (tertiary/aromatic N) is 1. The van der Waals surface area contributed by atoms with E-state index < -0.39 is 0 Å². The highest BCUT2D eigenvalue weighted by molar-refractivity contribution is 5.93. The van der Waals surface area contributed by atoms with E-state index in [9.17, 15) is 9.59 Å². The summed E-state index contributed by atoms with van der Waals surface area (Å²) in [5, 5.41) is 3.24. The maximum absolute atomic E-state index is 12.2. The minimum absolute atomic E-state index is 0.139. The number of carbonyl (C=O) groups is 1. The predicted octanol–water partition coefficient (Wildman–Crippen LogP) is 2.51. The normalized spacial score (nSPS) is 10.5. The number of carbonyl (C=O) groups excluding carboxylic acids is 1. The summed E-state index contributed by atoms with van der Waals surface area (Å²) in [6, 6.07) is 10.6. The smallest absolute Gasteiger partial charge is 0.258 e. The van der Waals surface area contributed by atoms with E-state index in [2.05, 4.69) is 15.3 Å². The van der Waals surface area contributed by atoms with E-state index >= 15 is 0 Å². The summed E-state index contributed by atoms with van der Waals surface area (Å²) in [5.41, 5.74) is 1.87. The summed E-state index contributed by atoms with van der Waals surface area (Å²) < 4.78 is 10.5. The van der Waals surface area contributed by atoms with Crippen LogP contribution < -0.4 is 20.3 Å². The number of H-pyrrole nitrogens is 1. The summed E-state index contributed by atoms with van der Waals surface area (Å²) in [4.78, 5) is 30.6. The number of rotatable bonds is 6. The van der Waals surface area contributed by atoms with Gasteiger partial charge in [-0.2, -0.15) is 0 Å². The van der Waals surface area contributed by atoms with Gasteiger partial charge in [0.25, 0.3) is 5.56 Å². The highest BCUT2D eigenvalue weighted by atomic mass is 16.5. The molecule has 3 aromatic rings. The summed E-state index contributed by atoms with van der Waals surface area (Å²) in [6.07, 6.45) is 2.21. The van der Waals surface area contributed by atoms with Crippen molar-refractivity contribution in [3.63, 3.8) is 0 Å². The average molecular weight is 353 g/mol. The molecule has 134 valence electrons. The quantitative estimate of drug-likeness (QED) is 0.710. The molecule has 0 bridgehead atoms. The van der Waals surface area contributed by atoms with Crippen LogP contribution in [0.1, 0.15) is 12.0 Å². The number of hydrogen-bond acceptors (Lipinski definition) is 5. The minimum Gasteiger partial charge on any atom is -0.493 e. The van der Waals surface area contributed by atoms with Crippen molar-refractivity contribution in [3.05, 3.63) is 58.6 Å². The van der Waals surface area contributed by atoms with Crippen molar-refractivity contribution in [2.24, 2.45) is 0 Å². The van der Waals surface area contributed by atoms with E-state index in [4.69, 9.17) is 9.47 Å². The molecular weight excluding hydrogens is 334 g/mol. The van der Waals surface area contributed by atoms with Crippen LogP contribution >= 0.6 is 0 Å². The molecule has 1 aromatic heterocycles. The van der Waals surface area contributed by atoms with Gasteiger partial charge in [0.05, 0.1) is 31.4 Å². The largest absolute Gasteiger partial charge is 0.493 e. The lowest BCUT2D eigenvalue weighted by Gasteiger charge is -2.10. The molecule has 0 saturated carbocycles. The molecule has 0 atom stereocenters. The molecule has 0 spiro atoms. The highest BCUT2D eigenvalue weighted by Crippen LogP contribution is 2.28. The van der Waals surface area contributed by atoms with Crippen molar-refractivity contribution in [3.8, 4) is 11.5 Å². The van der Waals surface area contributed by atoms with Gasteiger partial charge < -0.3 is 19.8 Å². The van der Waals surface area contributed by atoms with Crippen molar-refractivity contribution in [2.45, 2.75) is 12.8 Å². The van der Waals surface area contributed by atoms with Crippen LogP contribution in [0.3, 0.4) is 0 Å². The molecule has 0 aliphatic rings. The fraction of sp³-hybridized carbons (Fsp3) is 0.211. The van der Waals surface area contributed by atoms with Crippen LogP contribution in [-0.2, 0) is 11.2 Å². The Morgan fingerprint density at radius 1 is 1.12 bits per heavy atom. The average Bonchev–Trinajstić information content (AvgIpc) is 2.66. The van der Waals surface area contributed by atoms with Crippen LogP contribution in [0.4, 0.5) is 5.69 Å². The van der Waals surface area contributed by atoms with Gasteiger partial charge in [-0.3, -0.25) is 9.59 Å². The van der Waals surface area contributed by atoms with Gasteiger partial charge in [0.15, 0.2) is 11.5 Å². The van der Waals surface area contributed by atoms with Crippen molar-refractivity contribution < 1.29 is 14.3 Å². The summed E-state index contributed by atoms with van der Waals surface area (Å²) in [6.45, 7) is 0. The minimum atomic E-state index is -0.239. The first-order valence-corrected chi connectivity index (χ1v) is 8.09. The standard InChI is InChI=1S/C19H19N3O4/c1-25-16-7-3-12(9-17(16)26-2)4-8-18(23)22-13-5-6-15-14(10-13)19(24)21-11-20-15/h3,5-7,9-11H,4,8H2,1-2H3,(H,22,23)(H,20,21,24). The molecule has 3 rings (SSSR count). The number of fused-ring (bicyclic) bond motifs is 1. The lowest BCUT2D eigenvalue weighted by molar-refractivity contribution is -0.116. The number of benzene rings is 2. The van der Waals surface area contributed by atoms with Crippen LogP contribution in [0.2, 0.25) is 0 Å². The third-order valence-corrected chi connectivity index (χ3v) is 4.01. The summed E-state index contributed by atoms with van der Waals surface area (Å²) in [7, 11) is 3.15. The second-order valence-corrected chi connectivity index (χ2v) is 5.70. The molecule has 0 radical (unpaired) electrons. The van der Waals surface area contributed by atoms with Gasteiger partial charge in [0.1, 0.15) is 0 Å². The van der Waals surface area contributed by atoms with Gasteiger partial charge >= 0.3 is 0 Å². The molecule has 0 aliphatic heterocycles. The molecule has 0 aliphatic carbocycles.